The predicted octanol–water partition coefficient (Wildman–Crippen LogP) is 1.96. The Hall–Kier alpha value is -0.0400. The Morgan fingerprint density at radius 1 is 1.67 bits per heavy atom. The van der Waals surface area contributed by atoms with Crippen LogP contribution in [-0.2, 0) is 6.54 Å². The highest BCUT2D eigenvalue weighted by Crippen LogP contribution is 2.35. The summed E-state index contributed by atoms with van der Waals surface area (Å²) in [5.41, 5.74) is 7.59. The van der Waals surface area contributed by atoms with E-state index >= 15 is 0 Å². The van der Waals surface area contributed by atoms with Crippen molar-refractivity contribution in [2.24, 2.45) is 11.7 Å². The molecule has 0 spiro atoms. The van der Waals surface area contributed by atoms with Gasteiger partial charge in [0.15, 0.2) is 0 Å². The molecule has 1 fully saturated rings. The van der Waals surface area contributed by atoms with Crippen LogP contribution in [0.15, 0.2) is 10.7 Å². The maximum absolute atomic E-state index is 6.43. The lowest BCUT2D eigenvalue weighted by Gasteiger charge is -2.21. The van der Waals surface area contributed by atoms with Crippen molar-refractivity contribution in [3.8, 4) is 0 Å². The van der Waals surface area contributed by atoms with E-state index < -0.39 is 0 Å². The summed E-state index contributed by atoms with van der Waals surface area (Å²) in [5, 5.41) is 4.44. The maximum Gasteiger partial charge on any atom is 0.0697 e. The smallest absolute Gasteiger partial charge is 0.0697 e. The first-order valence-electron chi connectivity index (χ1n) is 6.29. The van der Waals surface area contributed by atoms with Crippen molar-refractivity contribution < 1.29 is 0 Å². The molecule has 0 aromatic carbocycles. The monoisotopic (exact) mass is 332 g/mol. The van der Waals surface area contributed by atoms with E-state index in [9.17, 15) is 0 Å². The Labute approximate surface area is 121 Å². The molecule has 2 rings (SSSR count). The van der Waals surface area contributed by atoms with Crippen LogP contribution in [0.5, 0.6) is 0 Å². The Bertz CT molecular complexity index is 387. The Kier molecular flexibility index (Phi) is 5.12. The highest BCUT2D eigenvalue weighted by atomic mass is 79.9. The third-order valence-corrected chi connectivity index (χ3v) is 5.18. The first-order chi connectivity index (χ1) is 8.59. The topological polar surface area (TPSA) is 47.1 Å². The van der Waals surface area contributed by atoms with Crippen LogP contribution in [0.3, 0.4) is 0 Å². The van der Waals surface area contributed by atoms with E-state index in [2.05, 4.69) is 44.7 Å². The number of thioether (sulfide) groups is 1. The van der Waals surface area contributed by atoms with Gasteiger partial charge < -0.3 is 10.6 Å². The quantitative estimate of drug-likeness (QED) is 0.895. The lowest BCUT2D eigenvalue weighted by atomic mass is 9.97. The Morgan fingerprint density at radius 2 is 2.44 bits per heavy atom. The fourth-order valence-electron chi connectivity index (χ4n) is 2.24. The van der Waals surface area contributed by atoms with Crippen molar-refractivity contribution >= 4 is 27.7 Å². The van der Waals surface area contributed by atoms with Gasteiger partial charge in [-0.2, -0.15) is 16.9 Å². The lowest BCUT2D eigenvalue weighted by Crippen LogP contribution is -2.27. The zero-order valence-electron chi connectivity index (χ0n) is 11.0. The molecule has 1 saturated heterocycles. The van der Waals surface area contributed by atoms with Gasteiger partial charge >= 0.3 is 0 Å². The van der Waals surface area contributed by atoms with E-state index in [1.165, 1.54) is 17.9 Å². The first kappa shape index (κ1) is 14.4. The molecule has 1 aliphatic rings. The summed E-state index contributed by atoms with van der Waals surface area (Å²) in [4.78, 5) is 2.16. The van der Waals surface area contributed by atoms with Crippen LogP contribution in [0.2, 0.25) is 0 Å². The molecule has 18 heavy (non-hydrogen) atoms. The molecule has 2 atom stereocenters. The minimum absolute atomic E-state index is 0.0963. The number of hydrogen-bond donors (Lipinski definition) is 1. The summed E-state index contributed by atoms with van der Waals surface area (Å²) in [5.74, 6) is 3.00. The van der Waals surface area contributed by atoms with Crippen LogP contribution in [0.25, 0.3) is 0 Å². The number of nitrogens with two attached hydrogens (primary N) is 1. The molecule has 0 radical (unpaired) electrons. The van der Waals surface area contributed by atoms with Gasteiger partial charge in [-0.1, -0.05) is 0 Å². The van der Waals surface area contributed by atoms with Gasteiger partial charge in [-0.15, -0.1) is 0 Å². The molecule has 102 valence electrons. The van der Waals surface area contributed by atoms with E-state index in [4.69, 9.17) is 5.73 Å². The van der Waals surface area contributed by atoms with Gasteiger partial charge in [0.1, 0.15) is 0 Å². The molecular weight excluding hydrogens is 312 g/mol. The van der Waals surface area contributed by atoms with Gasteiger partial charge in [0.2, 0.25) is 0 Å². The van der Waals surface area contributed by atoms with E-state index in [1.54, 1.807) is 0 Å². The molecule has 2 unspecified atom stereocenters. The molecule has 2 heterocycles. The largest absolute Gasteiger partial charge is 0.322 e. The maximum atomic E-state index is 6.43. The van der Waals surface area contributed by atoms with Gasteiger partial charge in [0.05, 0.1) is 29.0 Å². The van der Waals surface area contributed by atoms with E-state index in [0.717, 1.165) is 23.3 Å². The first-order valence-corrected chi connectivity index (χ1v) is 8.23. The SMILES string of the molecule is CN(C)CCn1ncc(Br)c1C(N)C1CCSC1. The van der Waals surface area contributed by atoms with E-state index in [0.29, 0.717) is 5.92 Å². The molecular formula is C12H21BrN4S. The minimum atomic E-state index is 0.0963. The van der Waals surface area contributed by atoms with Crippen LogP contribution in [0.1, 0.15) is 18.2 Å². The van der Waals surface area contributed by atoms with Gasteiger partial charge in [-0.3, -0.25) is 4.68 Å². The molecule has 0 aliphatic carbocycles. The summed E-state index contributed by atoms with van der Waals surface area (Å²) < 4.78 is 3.10. The normalized spacial score (nSPS) is 21.7. The average molecular weight is 333 g/mol. The fourth-order valence-corrected chi connectivity index (χ4v) is 4.11. The highest BCUT2D eigenvalue weighted by molar-refractivity contribution is 9.10. The molecule has 0 bridgehead atoms. The van der Waals surface area contributed by atoms with Crippen LogP contribution in [0, 0.1) is 5.92 Å². The number of hydrogen-bond acceptors (Lipinski definition) is 4. The number of halogens is 1. The zero-order valence-corrected chi connectivity index (χ0v) is 13.4. The van der Waals surface area contributed by atoms with Crippen LogP contribution in [0.4, 0.5) is 0 Å². The second-order valence-corrected chi connectivity index (χ2v) is 7.06. The van der Waals surface area contributed by atoms with Crippen molar-refractivity contribution in [1.82, 2.24) is 14.7 Å². The summed E-state index contributed by atoms with van der Waals surface area (Å²) in [6.07, 6.45) is 3.09. The summed E-state index contributed by atoms with van der Waals surface area (Å²) in [7, 11) is 4.15. The third kappa shape index (κ3) is 3.29. The van der Waals surface area contributed by atoms with Crippen LogP contribution >= 0.6 is 27.7 Å². The number of rotatable bonds is 5. The lowest BCUT2D eigenvalue weighted by molar-refractivity contribution is 0.358. The van der Waals surface area contributed by atoms with Crippen molar-refractivity contribution in [2.75, 3.05) is 32.1 Å². The van der Waals surface area contributed by atoms with Crippen molar-refractivity contribution in [2.45, 2.75) is 19.0 Å². The van der Waals surface area contributed by atoms with E-state index in [1.807, 2.05) is 18.0 Å². The number of likely N-dealkylation sites (N-methyl/N-ethyl adjacent to an activating group) is 1. The van der Waals surface area contributed by atoms with E-state index in [-0.39, 0.29) is 6.04 Å². The second-order valence-electron chi connectivity index (χ2n) is 5.05. The summed E-state index contributed by atoms with van der Waals surface area (Å²) in [6.45, 7) is 1.87. The molecule has 0 saturated carbocycles. The third-order valence-electron chi connectivity index (χ3n) is 3.38. The molecule has 6 heteroatoms. The van der Waals surface area contributed by atoms with Crippen molar-refractivity contribution in [3.05, 3.63) is 16.4 Å². The average Bonchev–Trinajstić information content (AvgIpc) is 2.94. The van der Waals surface area contributed by atoms with Crippen LogP contribution < -0.4 is 5.73 Å². The molecule has 1 aromatic rings. The molecule has 1 aliphatic heterocycles. The van der Waals surface area contributed by atoms with Gasteiger partial charge in [-0.25, -0.2) is 0 Å². The van der Waals surface area contributed by atoms with Crippen molar-refractivity contribution in [1.29, 1.82) is 0 Å². The predicted molar refractivity (Wildman–Crippen MR) is 80.8 cm³/mol. The second kappa shape index (κ2) is 6.41. The zero-order chi connectivity index (χ0) is 13.1. The standard InChI is InChI=1S/C12H21BrN4S/c1-16(2)4-5-17-12(10(13)7-15-17)11(14)9-3-6-18-8-9/h7,9,11H,3-6,8,14H2,1-2H3. The minimum Gasteiger partial charge on any atom is -0.322 e. The molecule has 4 nitrogen and oxygen atoms in total. The Morgan fingerprint density at radius 3 is 3.06 bits per heavy atom. The van der Waals surface area contributed by atoms with Gasteiger partial charge in [0, 0.05) is 6.54 Å². The summed E-state index contributed by atoms with van der Waals surface area (Å²) in [6, 6.07) is 0.0963. The number of nitrogens with zero attached hydrogens (tertiary/aromatic N) is 3. The van der Waals surface area contributed by atoms with Gasteiger partial charge in [0.25, 0.3) is 0 Å². The molecule has 0 amide bonds. The van der Waals surface area contributed by atoms with Crippen molar-refractivity contribution in [3.63, 3.8) is 0 Å². The molecule has 1 aromatic heterocycles. The highest BCUT2D eigenvalue weighted by Gasteiger charge is 2.27. The van der Waals surface area contributed by atoms with Gasteiger partial charge in [-0.05, 0) is 53.9 Å². The summed E-state index contributed by atoms with van der Waals surface area (Å²) >= 11 is 5.59. The molecule has 2 N–H and O–H groups in total. The number of aromatic nitrogens is 2. The Balaban J connectivity index is 2.12. The fraction of sp³-hybridized carbons (Fsp3) is 0.750. The van der Waals surface area contributed by atoms with Crippen LogP contribution in [-0.4, -0.2) is 46.8 Å².